The number of carbonyl (C=O) groups excluding carboxylic acids is 3. The van der Waals surface area contributed by atoms with Crippen molar-refractivity contribution in [3.63, 3.8) is 0 Å². The third-order valence-electron chi connectivity index (χ3n) is 5.90. The van der Waals surface area contributed by atoms with Gasteiger partial charge in [0.05, 0.1) is 11.1 Å². The molecular formula is C27H24N6O4. The number of nitrogens with one attached hydrogen (secondary N) is 1. The average Bonchev–Trinajstić information content (AvgIpc) is 3.42. The summed E-state index contributed by atoms with van der Waals surface area (Å²) in [5, 5.41) is 2.82. The number of carbonyl (C=O) groups is 3. The zero-order chi connectivity index (χ0) is 25.9. The Kier molecular flexibility index (Phi) is 6.46. The van der Waals surface area contributed by atoms with Crippen molar-refractivity contribution in [1.82, 2.24) is 24.4 Å². The average molecular weight is 497 g/mol. The van der Waals surface area contributed by atoms with E-state index in [1.807, 2.05) is 17.7 Å². The van der Waals surface area contributed by atoms with Gasteiger partial charge in [0.15, 0.2) is 0 Å². The van der Waals surface area contributed by atoms with Crippen molar-refractivity contribution in [1.29, 1.82) is 0 Å². The lowest BCUT2D eigenvalue weighted by Gasteiger charge is -2.13. The Balaban J connectivity index is 1.14. The molecule has 0 fully saturated rings. The number of nitrogens with zero attached hydrogens (tertiary/aromatic N) is 5. The standard InChI is InChI=1S/C27H24N6O4/c1-17-29-23(32-15-13-28-18(32)2)16-25(30-17)37-20-11-9-19(10-12-20)31-24(34)8-5-14-33-26(35)21-6-3-4-7-22(21)27(33)36/h3-4,6-7,9-13,15-16H,5,8,14H2,1-2H3,(H,31,34). The van der Waals surface area contributed by atoms with Gasteiger partial charge < -0.3 is 10.1 Å². The molecule has 0 spiro atoms. The predicted octanol–water partition coefficient (Wildman–Crippen LogP) is 4.09. The van der Waals surface area contributed by atoms with Gasteiger partial charge in [-0.25, -0.2) is 9.97 Å². The van der Waals surface area contributed by atoms with Crippen LogP contribution in [0.2, 0.25) is 0 Å². The number of fused-ring (bicyclic) bond motifs is 1. The Morgan fingerprint density at radius 1 is 0.973 bits per heavy atom. The number of amides is 3. The lowest BCUT2D eigenvalue weighted by atomic mass is 10.1. The fourth-order valence-electron chi connectivity index (χ4n) is 4.11. The number of ether oxygens (including phenoxy) is 1. The highest BCUT2D eigenvalue weighted by Crippen LogP contribution is 2.25. The van der Waals surface area contributed by atoms with Crippen molar-refractivity contribution in [2.45, 2.75) is 26.7 Å². The molecule has 1 aliphatic heterocycles. The van der Waals surface area contributed by atoms with Crippen LogP contribution >= 0.6 is 0 Å². The van der Waals surface area contributed by atoms with E-state index in [0.717, 1.165) is 5.82 Å². The Hall–Kier alpha value is -4.86. The molecule has 0 saturated carbocycles. The van der Waals surface area contributed by atoms with Crippen LogP contribution in [0.4, 0.5) is 5.69 Å². The maximum Gasteiger partial charge on any atom is 0.261 e. The molecule has 4 aromatic rings. The van der Waals surface area contributed by atoms with E-state index in [9.17, 15) is 14.4 Å². The Bertz CT molecular complexity index is 1460. The van der Waals surface area contributed by atoms with Gasteiger partial charge in [-0.15, -0.1) is 0 Å². The summed E-state index contributed by atoms with van der Waals surface area (Å²) in [4.78, 5) is 51.5. The van der Waals surface area contributed by atoms with Gasteiger partial charge in [-0.2, -0.15) is 4.98 Å². The van der Waals surface area contributed by atoms with E-state index in [0.29, 0.717) is 46.5 Å². The van der Waals surface area contributed by atoms with Crippen molar-refractivity contribution in [2.75, 3.05) is 11.9 Å². The van der Waals surface area contributed by atoms with Crippen LogP contribution in [0.25, 0.3) is 5.82 Å². The van der Waals surface area contributed by atoms with Crippen LogP contribution in [0.1, 0.15) is 45.2 Å². The van der Waals surface area contributed by atoms with Crippen molar-refractivity contribution in [3.05, 3.63) is 89.8 Å². The molecule has 3 heterocycles. The first kappa shape index (κ1) is 23.9. The third kappa shape index (κ3) is 5.08. The van der Waals surface area contributed by atoms with Crippen molar-refractivity contribution >= 4 is 23.4 Å². The minimum absolute atomic E-state index is 0.169. The Labute approximate surface area is 213 Å². The van der Waals surface area contributed by atoms with E-state index in [1.54, 1.807) is 67.7 Å². The van der Waals surface area contributed by atoms with Gasteiger partial charge in [0.2, 0.25) is 11.8 Å². The van der Waals surface area contributed by atoms with Crippen molar-refractivity contribution < 1.29 is 19.1 Å². The Morgan fingerprint density at radius 2 is 1.68 bits per heavy atom. The van der Waals surface area contributed by atoms with Crippen LogP contribution in [0, 0.1) is 13.8 Å². The number of aryl methyl sites for hydroxylation is 2. The molecule has 0 unspecified atom stereocenters. The van der Waals surface area contributed by atoms with Crippen molar-refractivity contribution in [2.24, 2.45) is 0 Å². The summed E-state index contributed by atoms with van der Waals surface area (Å²) < 4.78 is 7.74. The SMILES string of the molecule is Cc1nc(Oc2ccc(NC(=O)CCCN3C(=O)c4ccccc4C3=O)cc2)cc(-n2ccnc2C)n1. The van der Waals surface area contributed by atoms with Crippen LogP contribution in [0.15, 0.2) is 67.0 Å². The van der Waals surface area contributed by atoms with Crippen LogP contribution in [-0.2, 0) is 4.79 Å². The quantitative estimate of drug-likeness (QED) is 0.365. The number of benzene rings is 2. The van der Waals surface area contributed by atoms with E-state index in [1.165, 1.54) is 4.90 Å². The first-order chi connectivity index (χ1) is 17.9. The maximum atomic E-state index is 12.4. The first-order valence-corrected chi connectivity index (χ1v) is 11.8. The third-order valence-corrected chi connectivity index (χ3v) is 5.90. The molecule has 5 rings (SSSR count). The van der Waals surface area contributed by atoms with Gasteiger partial charge in [-0.3, -0.25) is 23.9 Å². The first-order valence-electron chi connectivity index (χ1n) is 11.8. The van der Waals surface area contributed by atoms with Crippen molar-refractivity contribution in [3.8, 4) is 17.4 Å². The summed E-state index contributed by atoms with van der Waals surface area (Å²) >= 11 is 0. The van der Waals surface area contributed by atoms with Gasteiger partial charge in [0.25, 0.3) is 11.8 Å². The van der Waals surface area contributed by atoms with Crippen LogP contribution in [0.5, 0.6) is 11.6 Å². The summed E-state index contributed by atoms with van der Waals surface area (Å²) in [6.45, 7) is 3.86. The second-order valence-electron chi connectivity index (χ2n) is 8.54. The number of anilines is 1. The van der Waals surface area contributed by atoms with Gasteiger partial charge in [0.1, 0.15) is 23.2 Å². The second-order valence-corrected chi connectivity index (χ2v) is 8.54. The lowest BCUT2D eigenvalue weighted by molar-refractivity contribution is -0.116. The molecular weight excluding hydrogens is 472 g/mol. The minimum atomic E-state index is -0.317. The minimum Gasteiger partial charge on any atom is -0.439 e. The molecule has 37 heavy (non-hydrogen) atoms. The molecule has 1 aliphatic rings. The van der Waals surface area contributed by atoms with E-state index >= 15 is 0 Å². The van der Waals surface area contributed by atoms with Crippen LogP contribution in [0.3, 0.4) is 0 Å². The fourth-order valence-corrected chi connectivity index (χ4v) is 4.11. The summed E-state index contributed by atoms with van der Waals surface area (Å²) in [7, 11) is 0. The number of aromatic nitrogens is 4. The molecule has 186 valence electrons. The number of imidazole rings is 1. The fraction of sp³-hybridized carbons (Fsp3) is 0.185. The van der Waals surface area contributed by atoms with Gasteiger partial charge >= 0.3 is 0 Å². The van der Waals surface area contributed by atoms with Gasteiger partial charge in [-0.1, -0.05) is 12.1 Å². The molecule has 0 bridgehead atoms. The highest BCUT2D eigenvalue weighted by molar-refractivity contribution is 6.21. The molecule has 3 amide bonds. The zero-order valence-corrected chi connectivity index (χ0v) is 20.3. The number of hydrogen-bond acceptors (Lipinski definition) is 7. The van der Waals surface area contributed by atoms with E-state index in [4.69, 9.17) is 4.74 Å². The monoisotopic (exact) mass is 496 g/mol. The number of hydrogen-bond donors (Lipinski definition) is 1. The summed E-state index contributed by atoms with van der Waals surface area (Å²) in [6.07, 6.45) is 4.05. The van der Waals surface area contributed by atoms with E-state index < -0.39 is 0 Å². The molecule has 0 atom stereocenters. The van der Waals surface area contributed by atoms with Gasteiger partial charge in [-0.05, 0) is 56.7 Å². The van der Waals surface area contributed by atoms with Gasteiger partial charge in [0, 0.05) is 37.1 Å². The summed E-state index contributed by atoms with van der Waals surface area (Å²) in [6, 6.07) is 15.4. The molecule has 2 aromatic carbocycles. The summed E-state index contributed by atoms with van der Waals surface area (Å²) in [5.41, 5.74) is 1.42. The highest BCUT2D eigenvalue weighted by atomic mass is 16.5. The molecule has 0 aliphatic carbocycles. The molecule has 0 radical (unpaired) electrons. The molecule has 10 heteroatoms. The second kappa shape index (κ2) is 10.0. The number of rotatable bonds is 8. The maximum absolute atomic E-state index is 12.4. The summed E-state index contributed by atoms with van der Waals surface area (Å²) in [5.74, 6) is 2.11. The molecule has 2 aromatic heterocycles. The smallest absolute Gasteiger partial charge is 0.261 e. The van der Waals surface area contributed by atoms with Crippen LogP contribution < -0.4 is 10.1 Å². The highest BCUT2D eigenvalue weighted by Gasteiger charge is 2.34. The molecule has 0 saturated heterocycles. The molecule has 10 nitrogen and oxygen atoms in total. The zero-order valence-electron chi connectivity index (χ0n) is 20.3. The largest absolute Gasteiger partial charge is 0.439 e. The normalized spacial score (nSPS) is 12.5. The lowest BCUT2D eigenvalue weighted by Crippen LogP contribution is -2.31. The topological polar surface area (TPSA) is 119 Å². The number of imide groups is 1. The van der Waals surface area contributed by atoms with E-state index in [-0.39, 0.29) is 30.7 Å². The van der Waals surface area contributed by atoms with E-state index in [2.05, 4.69) is 20.3 Å². The predicted molar refractivity (Wildman–Crippen MR) is 135 cm³/mol. The Morgan fingerprint density at radius 3 is 2.32 bits per heavy atom. The molecule has 1 N–H and O–H groups in total. The van der Waals surface area contributed by atoms with Crippen LogP contribution in [-0.4, -0.2) is 48.7 Å².